The normalized spacial score (nSPS) is 12.3. The molecule has 0 spiro atoms. The molecule has 60 heavy (non-hydrogen) atoms. The lowest BCUT2D eigenvalue weighted by molar-refractivity contribution is 0.669. The van der Waals surface area contributed by atoms with E-state index in [4.69, 9.17) is 4.42 Å². The summed E-state index contributed by atoms with van der Waals surface area (Å²) in [6.07, 6.45) is 1.99. The molecular formula is C57H40N2O. The van der Waals surface area contributed by atoms with Crippen LogP contribution in [0.5, 0.6) is 0 Å². The average Bonchev–Trinajstić information content (AvgIpc) is 3.85. The third-order valence-electron chi connectivity index (χ3n) is 12.7. The maximum Gasteiger partial charge on any atom is 0.135 e. The summed E-state index contributed by atoms with van der Waals surface area (Å²) in [5.41, 5.74) is 20.4. The highest BCUT2D eigenvalue weighted by Crippen LogP contribution is 2.50. The van der Waals surface area contributed by atoms with Gasteiger partial charge in [-0.2, -0.15) is 0 Å². The second-order valence-electron chi connectivity index (χ2n) is 16.0. The fourth-order valence-electron chi connectivity index (χ4n) is 9.84. The summed E-state index contributed by atoms with van der Waals surface area (Å²) < 4.78 is 8.73. The maximum absolute atomic E-state index is 6.34. The summed E-state index contributed by atoms with van der Waals surface area (Å²) in [6, 6.07) is 73.0. The molecule has 2 heterocycles. The Morgan fingerprint density at radius 3 is 2.00 bits per heavy atom. The van der Waals surface area contributed by atoms with Crippen LogP contribution < -0.4 is 4.90 Å². The number of fused-ring (bicyclic) bond motifs is 9. The highest BCUT2D eigenvalue weighted by molar-refractivity contribution is 6.10. The molecule has 284 valence electrons. The van der Waals surface area contributed by atoms with E-state index in [1.165, 1.54) is 77.6 Å². The number of anilines is 3. The first-order chi connectivity index (χ1) is 29.7. The molecule has 0 saturated heterocycles. The summed E-state index contributed by atoms with van der Waals surface area (Å²) in [5, 5.41) is 4.74. The molecule has 0 saturated carbocycles. The van der Waals surface area contributed by atoms with Crippen LogP contribution in [0.3, 0.4) is 0 Å². The van der Waals surface area contributed by atoms with Crippen LogP contribution in [-0.4, -0.2) is 4.57 Å². The average molecular weight is 769 g/mol. The summed E-state index contributed by atoms with van der Waals surface area (Å²) in [6.45, 7) is 2.23. The van der Waals surface area contributed by atoms with E-state index in [1.54, 1.807) is 0 Å². The van der Waals surface area contributed by atoms with Crippen LogP contribution in [0.2, 0.25) is 0 Å². The van der Waals surface area contributed by atoms with Crippen LogP contribution in [-0.2, 0) is 12.8 Å². The molecule has 3 heteroatoms. The van der Waals surface area contributed by atoms with Gasteiger partial charge in [0.2, 0.25) is 0 Å². The van der Waals surface area contributed by atoms with Crippen LogP contribution in [0, 0.1) is 6.92 Å². The van der Waals surface area contributed by atoms with Crippen molar-refractivity contribution >= 4 is 60.8 Å². The van der Waals surface area contributed by atoms with Gasteiger partial charge in [-0.1, -0.05) is 133 Å². The molecule has 12 rings (SSSR count). The van der Waals surface area contributed by atoms with Crippen molar-refractivity contribution in [1.82, 2.24) is 4.57 Å². The number of aryl methyl sites for hydroxylation is 2. The van der Waals surface area contributed by atoms with Crippen molar-refractivity contribution in [2.24, 2.45) is 0 Å². The van der Waals surface area contributed by atoms with Gasteiger partial charge < -0.3 is 13.9 Å². The molecule has 0 bridgehead atoms. The third-order valence-corrected chi connectivity index (χ3v) is 12.7. The summed E-state index contributed by atoms with van der Waals surface area (Å²) >= 11 is 0. The highest BCUT2D eigenvalue weighted by atomic mass is 16.3. The first kappa shape index (κ1) is 34.4. The van der Waals surface area contributed by atoms with E-state index in [9.17, 15) is 0 Å². The van der Waals surface area contributed by atoms with E-state index in [1.807, 2.05) is 6.07 Å². The fraction of sp³-hybridized carbons (Fsp3) is 0.0526. The Morgan fingerprint density at radius 1 is 0.450 bits per heavy atom. The molecule has 2 aromatic heterocycles. The summed E-state index contributed by atoms with van der Waals surface area (Å²) in [4.78, 5) is 2.46. The zero-order valence-corrected chi connectivity index (χ0v) is 33.3. The fourth-order valence-corrected chi connectivity index (χ4v) is 9.84. The quantitative estimate of drug-likeness (QED) is 0.168. The Kier molecular flexibility index (Phi) is 7.89. The molecule has 0 fully saturated rings. The Hall–Kier alpha value is -7.62. The van der Waals surface area contributed by atoms with Gasteiger partial charge in [-0.3, -0.25) is 0 Å². The van der Waals surface area contributed by atoms with E-state index in [0.717, 1.165) is 51.8 Å². The molecule has 0 amide bonds. The van der Waals surface area contributed by atoms with Crippen LogP contribution in [0.4, 0.5) is 17.1 Å². The van der Waals surface area contributed by atoms with E-state index >= 15 is 0 Å². The van der Waals surface area contributed by atoms with Gasteiger partial charge in [0.1, 0.15) is 11.2 Å². The van der Waals surface area contributed by atoms with Crippen molar-refractivity contribution in [1.29, 1.82) is 0 Å². The number of aromatic nitrogens is 1. The van der Waals surface area contributed by atoms with E-state index in [2.05, 4.69) is 211 Å². The number of hydrogen-bond donors (Lipinski definition) is 0. The lowest BCUT2D eigenvalue weighted by Crippen LogP contribution is -2.15. The van der Waals surface area contributed by atoms with Gasteiger partial charge in [-0.15, -0.1) is 0 Å². The van der Waals surface area contributed by atoms with Crippen molar-refractivity contribution in [2.45, 2.75) is 19.8 Å². The first-order valence-corrected chi connectivity index (χ1v) is 20.9. The van der Waals surface area contributed by atoms with Crippen LogP contribution in [0.15, 0.2) is 205 Å². The predicted octanol–water partition coefficient (Wildman–Crippen LogP) is 15.6. The number of rotatable bonds is 6. The van der Waals surface area contributed by atoms with Crippen molar-refractivity contribution in [3.8, 4) is 39.1 Å². The van der Waals surface area contributed by atoms with Gasteiger partial charge in [0.25, 0.3) is 0 Å². The predicted molar refractivity (Wildman–Crippen MR) is 251 cm³/mol. The molecule has 0 N–H and O–H groups in total. The minimum absolute atomic E-state index is 0.890. The van der Waals surface area contributed by atoms with E-state index < -0.39 is 0 Å². The first-order valence-electron chi connectivity index (χ1n) is 20.9. The largest absolute Gasteiger partial charge is 0.456 e. The lowest BCUT2D eigenvalue weighted by Gasteiger charge is -2.33. The standard InChI is InChI=1S/C57H40N2O/c1-37-13-5-7-17-44(37)46-32-33-53(57-45-18-8-6-14-39(45)25-31-50(46)57)58(43-29-34-56-51(36-43)49-20-10-12-22-55(49)60-56)42-27-23-38(24-28-42)40-26-30-48-47-19-9-11-21-52(47)59(54(48)35-40)41-15-3-2-4-16-41/h2-24,26-30,32-36H,25,31H2,1H3. The Labute approximate surface area is 349 Å². The molecule has 0 atom stereocenters. The highest BCUT2D eigenvalue weighted by Gasteiger charge is 2.27. The molecule has 0 unspecified atom stereocenters. The number of benzene rings is 9. The van der Waals surface area contributed by atoms with E-state index in [-0.39, 0.29) is 0 Å². The third kappa shape index (κ3) is 5.43. The lowest BCUT2D eigenvalue weighted by atomic mass is 9.80. The van der Waals surface area contributed by atoms with E-state index in [0.29, 0.717) is 0 Å². The zero-order chi connectivity index (χ0) is 39.7. The Balaban J connectivity index is 1.06. The minimum atomic E-state index is 0.890. The van der Waals surface area contributed by atoms with Gasteiger partial charge in [-0.05, 0) is 131 Å². The van der Waals surface area contributed by atoms with Crippen LogP contribution >= 0.6 is 0 Å². The smallest absolute Gasteiger partial charge is 0.135 e. The molecule has 9 aromatic carbocycles. The minimum Gasteiger partial charge on any atom is -0.456 e. The molecular weight excluding hydrogens is 729 g/mol. The van der Waals surface area contributed by atoms with Gasteiger partial charge in [-0.25, -0.2) is 0 Å². The molecule has 3 nitrogen and oxygen atoms in total. The van der Waals surface area contributed by atoms with Gasteiger partial charge in [0.15, 0.2) is 0 Å². The number of hydrogen-bond acceptors (Lipinski definition) is 2. The molecule has 11 aromatic rings. The Bertz CT molecular complexity index is 3440. The van der Waals surface area contributed by atoms with Crippen LogP contribution in [0.25, 0.3) is 82.8 Å². The molecule has 0 aliphatic heterocycles. The molecule has 1 aliphatic carbocycles. The van der Waals surface area contributed by atoms with Gasteiger partial charge in [0.05, 0.1) is 16.7 Å². The SMILES string of the molecule is Cc1ccccc1-c1ccc(N(c2ccc(-c3ccc4c5ccccc5n(-c5ccccc5)c4c3)cc2)c2ccc3oc4ccccc4c3c2)c2c1CCc1ccccc1-2. The number of para-hydroxylation sites is 3. The second kappa shape index (κ2) is 13.8. The number of furan rings is 1. The van der Waals surface area contributed by atoms with Gasteiger partial charge in [0, 0.05) is 44.2 Å². The maximum atomic E-state index is 6.34. The van der Waals surface area contributed by atoms with Crippen LogP contribution in [0.1, 0.15) is 16.7 Å². The Morgan fingerprint density at radius 2 is 1.13 bits per heavy atom. The topological polar surface area (TPSA) is 21.3 Å². The van der Waals surface area contributed by atoms with Crippen molar-refractivity contribution in [3.05, 3.63) is 217 Å². The monoisotopic (exact) mass is 768 g/mol. The van der Waals surface area contributed by atoms with Crippen molar-refractivity contribution in [2.75, 3.05) is 4.90 Å². The second-order valence-corrected chi connectivity index (χ2v) is 16.0. The van der Waals surface area contributed by atoms with Crippen molar-refractivity contribution < 1.29 is 4.42 Å². The zero-order valence-electron chi connectivity index (χ0n) is 33.3. The van der Waals surface area contributed by atoms with Crippen molar-refractivity contribution in [3.63, 3.8) is 0 Å². The molecule has 1 aliphatic rings. The summed E-state index contributed by atoms with van der Waals surface area (Å²) in [7, 11) is 0. The summed E-state index contributed by atoms with van der Waals surface area (Å²) in [5.74, 6) is 0. The van der Waals surface area contributed by atoms with Gasteiger partial charge >= 0.3 is 0 Å². The number of nitrogens with zero attached hydrogens (tertiary/aromatic N) is 2. The molecule has 0 radical (unpaired) electrons.